The van der Waals surface area contributed by atoms with Crippen molar-refractivity contribution < 1.29 is 28.5 Å². The van der Waals surface area contributed by atoms with Crippen LogP contribution in [0.3, 0.4) is 0 Å². The molecule has 7 nitrogen and oxygen atoms in total. The van der Waals surface area contributed by atoms with Crippen molar-refractivity contribution in [2.45, 2.75) is 26.0 Å². The number of benzene rings is 2. The smallest absolute Gasteiger partial charge is 0.347 e. The topological polar surface area (TPSA) is 83.1 Å². The molecule has 2 aromatic carbocycles. The highest BCUT2D eigenvalue weighted by Gasteiger charge is 2.21. The third-order valence-electron chi connectivity index (χ3n) is 3.94. The van der Waals surface area contributed by atoms with E-state index in [2.05, 4.69) is 5.32 Å². The molecule has 7 heteroatoms. The number of hydrogen-bond acceptors (Lipinski definition) is 6. The lowest BCUT2D eigenvalue weighted by molar-refractivity contribution is -0.155. The maximum Gasteiger partial charge on any atom is 0.347 e. The fraction of sp³-hybridized carbons (Fsp3) is 0.333. The SMILES string of the molecule is CC[C@H](Oc1ccccc1)C(=O)OCC(=O)NCc1ccc(OC)c(OC)c1. The Kier molecular flexibility index (Phi) is 8.14. The van der Waals surface area contributed by atoms with E-state index in [1.165, 1.54) is 0 Å². The van der Waals surface area contributed by atoms with E-state index in [0.29, 0.717) is 23.7 Å². The maximum absolute atomic E-state index is 12.2. The Morgan fingerprint density at radius 2 is 1.71 bits per heavy atom. The van der Waals surface area contributed by atoms with Gasteiger partial charge in [-0.15, -0.1) is 0 Å². The standard InChI is InChI=1S/C21H25NO6/c1-4-17(28-16-8-6-5-7-9-16)21(24)27-14-20(23)22-13-15-10-11-18(25-2)19(12-15)26-3/h5-12,17H,4,13-14H2,1-3H3,(H,22,23)/t17-/m0/s1. The van der Waals surface area contributed by atoms with Crippen molar-refractivity contribution in [2.24, 2.45) is 0 Å². The lowest BCUT2D eigenvalue weighted by Crippen LogP contribution is -2.33. The lowest BCUT2D eigenvalue weighted by Gasteiger charge is -2.16. The van der Waals surface area contributed by atoms with E-state index >= 15 is 0 Å². The predicted molar refractivity (Wildman–Crippen MR) is 104 cm³/mol. The van der Waals surface area contributed by atoms with E-state index in [4.69, 9.17) is 18.9 Å². The summed E-state index contributed by atoms with van der Waals surface area (Å²) in [5, 5.41) is 2.70. The molecule has 0 fully saturated rings. The normalized spacial score (nSPS) is 11.2. The van der Waals surface area contributed by atoms with Gasteiger partial charge in [0.05, 0.1) is 14.2 Å². The van der Waals surface area contributed by atoms with Crippen LogP contribution in [-0.2, 0) is 20.9 Å². The predicted octanol–water partition coefficient (Wildman–Crippen LogP) is 2.72. The van der Waals surface area contributed by atoms with Gasteiger partial charge in [0.1, 0.15) is 5.75 Å². The van der Waals surface area contributed by atoms with Gasteiger partial charge >= 0.3 is 5.97 Å². The number of amides is 1. The highest BCUT2D eigenvalue weighted by molar-refractivity contribution is 5.82. The van der Waals surface area contributed by atoms with Crippen LogP contribution in [0.25, 0.3) is 0 Å². The summed E-state index contributed by atoms with van der Waals surface area (Å²) in [7, 11) is 3.10. The molecule has 1 amide bonds. The first-order chi connectivity index (χ1) is 13.6. The second-order valence-electron chi connectivity index (χ2n) is 5.90. The molecule has 2 rings (SSSR count). The quantitative estimate of drug-likeness (QED) is 0.631. The van der Waals surface area contributed by atoms with Crippen molar-refractivity contribution in [2.75, 3.05) is 20.8 Å². The van der Waals surface area contributed by atoms with Crippen LogP contribution in [0.5, 0.6) is 17.2 Å². The molecule has 2 aromatic rings. The van der Waals surface area contributed by atoms with Gasteiger partial charge in [-0.1, -0.05) is 31.2 Å². The van der Waals surface area contributed by atoms with Crippen LogP contribution < -0.4 is 19.5 Å². The van der Waals surface area contributed by atoms with Gasteiger partial charge in [0.25, 0.3) is 5.91 Å². The molecule has 150 valence electrons. The number of para-hydroxylation sites is 1. The Morgan fingerprint density at radius 3 is 2.36 bits per heavy atom. The first-order valence-electron chi connectivity index (χ1n) is 8.93. The molecule has 0 saturated heterocycles. The number of rotatable bonds is 10. The minimum Gasteiger partial charge on any atom is -0.493 e. The van der Waals surface area contributed by atoms with Gasteiger partial charge in [0, 0.05) is 6.54 Å². The van der Waals surface area contributed by atoms with Crippen LogP contribution in [0.15, 0.2) is 48.5 Å². The molecule has 1 atom stereocenters. The number of carbonyl (C=O) groups is 2. The van der Waals surface area contributed by atoms with Crippen molar-refractivity contribution in [3.05, 3.63) is 54.1 Å². The van der Waals surface area contributed by atoms with Gasteiger partial charge in [-0.3, -0.25) is 4.79 Å². The van der Waals surface area contributed by atoms with E-state index in [-0.39, 0.29) is 13.2 Å². The minimum absolute atomic E-state index is 0.272. The lowest BCUT2D eigenvalue weighted by atomic mass is 10.2. The summed E-state index contributed by atoms with van der Waals surface area (Å²) in [5.41, 5.74) is 0.830. The zero-order chi connectivity index (χ0) is 20.4. The van der Waals surface area contributed by atoms with Crippen molar-refractivity contribution in [1.82, 2.24) is 5.32 Å². The highest BCUT2D eigenvalue weighted by Crippen LogP contribution is 2.27. The number of ether oxygens (including phenoxy) is 4. The van der Waals surface area contributed by atoms with Crippen LogP contribution in [0.2, 0.25) is 0 Å². The Hall–Kier alpha value is -3.22. The van der Waals surface area contributed by atoms with E-state index in [9.17, 15) is 9.59 Å². The van der Waals surface area contributed by atoms with Crippen molar-refractivity contribution in [1.29, 1.82) is 0 Å². The molecule has 28 heavy (non-hydrogen) atoms. The number of hydrogen-bond donors (Lipinski definition) is 1. The van der Waals surface area contributed by atoms with Crippen LogP contribution in [-0.4, -0.2) is 38.8 Å². The summed E-state index contributed by atoms with van der Waals surface area (Å²) in [6.45, 7) is 1.71. The summed E-state index contributed by atoms with van der Waals surface area (Å²) in [5.74, 6) is 0.773. The molecule has 0 radical (unpaired) electrons. The molecule has 0 saturated carbocycles. The first-order valence-corrected chi connectivity index (χ1v) is 8.93. The summed E-state index contributed by atoms with van der Waals surface area (Å²) in [4.78, 5) is 24.1. The van der Waals surface area contributed by atoms with Crippen LogP contribution in [0, 0.1) is 0 Å². The Balaban J connectivity index is 1.80. The third kappa shape index (κ3) is 6.19. The molecule has 0 heterocycles. The van der Waals surface area contributed by atoms with Gasteiger partial charge < -0.3 is 24.3 Å². The van der Waals surface area contributed by atoms with Gasteiger partial charge in [0.15, 0.2) is 24.2 Å². The van der Waals surface area contributed by atoms with Crippen molar-refractivity contribution in [3.8, 4) is 17.2 Å². The van der Waals surface area contributed by atoms with Gasteiger partial charge in [-0.05, 0) is 36.2 Å². The first kappa shape index (κ1) is 21.1. The van der Waals surface area contributed by atoms with E-state index in [0.717, 1.165) is 5.56 Å². The zero-order valence-corrected chi connectivity index (χ0v) is 16.3. The van der Waals surface area contributed by atoms with Gasteiger partial charge in [-0.25, -0.2) is 4.79 Å². The molecule has 0 aromatic heterocycles. The molecule has 0 aliphatic rings. The number of nitrogens with one attached hydrogen (secondary N) is 1. The van der Waals surface area contributed by atoms with Crippen LogP contribution in [0.4, 0.5) is 0 Å². The van der Waals surface area contributed by atoms with Crippen molar-refractivity contribution >= 4 is 11.9 Å². The van der Waals surface area contributed by atoms with E-state index in [1.54, 1.807) is 38.5 Å². The molecule has 0 aliphatic carbocycles. The second-order valence-corrected chi connectivity index (χ2v) is 5.90. The third-order valence-corrected chi connectivity index (χ3v) is 3.94. The largest absolute Gasteiger partial charge is 0.493 e. The Morgan fingerprint density at radius 1 is 1.00 bits per heavy atom. The minimum atomic E-state index is -0.763. The molecule has 0 spiro atoms. The summed E-state index contributed by atoms with van der Waals surface area (Å²) < 4.78 is 21.1. The Labute approximate surface area is 164 Å². The zero-order valence-electron chi connectivity index (χ0n) is 16.3. The summed E-state index contributed by atoms with van der Waals surface area (Å²) in [6.07, 6.45) is -0.331. The molecule has 0 unspecified atom stereocenters. The number of carbonyl (C=O) groups excluding carboxylic acids is 2. The van der Waals surface area contributed by atoms with E-state index < -0.39 is 18.0 Å². The summed E-state index contributed by atoms with van der Waals surface area (Å²) >= 11 is 0. The second kappa shape index (κ2) is 10.8. The molecular formula is C21H25NO6. The number of esters is 1. The highest BCUT2D eigenvalue weighted by atomic mass is 16.6. The molecule has 0 aliphatic heterocycles. The monoisotopic (exact) mass is 387 g/mol. The maximum atomic E-state index is 12.2. The van der Waals surface area contributed by atoms with Crippen molar-refractivity contribution in [3.63, 3.8) is 0 Å². The van der Waals surface area contributed by atoms with Gasteiger partial charge in [-0.2, -0.15) is 0 Å². The fourth-order valence-corrected chi connectivity index (χ4v) is 2.43. The number of methoxy groups -OCH3 is 2. The van der Waals surface area contributed by atoms with Crippen LogP contribution >= 0.6 is 0 Å². The molecular weight excluding hydrogens is 362 g/mol. The molecule has 1 N–H and O–H groups in total. The average Bonchev–Trinajstić information content (AvgIpc) is 2.74. The van der Waals surface area contributed by atoms with Gasteiger partial charge in [0.2, 0.25) is 0 Å². The Bertz CT molecular complexity index is 778. The fourth-order valence-electron chi connectivity index (χ4n) is 2.43. The average molecular weight is 387 g/mol. The summed E-state index contributed by atoms with van der Waals surface area (Å²) in [6, 6.07) is 14.3. The van der Waals surface area contributed by atoms with Crippen LogP contribution in [0.1, 0.15) is 18.9 Å². The molecule has 0 bridgehead atoms. The van der Waals surface area contributed by atoms with E-state index in [1.807, 2.05) is 31.2 Å².